The fraction of sp³-hybridized carbons (Fsp3) is 0.222. The van der Waals surface area contributed by atoms with E-state index >= 15 is 0 Å². The fourth-order valence-electron chi connectivity index (χ4n) is 2.88. The normalized spacial score (nSPS) is 12.6. The molecule has 0 atom stereocenters. The third-order valence-corrected chi connectivity index (χ3v) is 5.07. The summed E-state index contributed by atoms with van der Waals surface area (Å²) >= 11 is 11.7. The first-order valence-corrected chi connectivity index (χ1v) is 9.39. The molecule has 3 rings (SSSR count). The van der Waals surface area contributed by atoms with Crippen LogP contribution in [0.25, 0.3) is 16.9 Å². The van der Waals surface area contributed by atoms with Crippen molar-refractivity contribution in [3.63, 3.8) is 0 Å². The van der Waals surface area contributed by atoms with Crippen LogP contribution in [0.5, 0.6) is 5.88 Å². The molecule has 3 aromatic rings. The van der Waals surface area contributed by atoms with Crippen LogP contribution in [-0.2, 0) is 5.67 Å². The summed E-state index contributed by atoms with van der Waals surface area (Å²) in [6.45, 7) is 0. The quantitative estimate of drug-likeness (QED) is 0.428. The number of pyridine rings is 1. The van der Waals surface area contributed by atoms with Gasteiger partial charge in [-0.3, -0.25) is 0 Å². The molecule has 2 heterocycles. The van der Waals surface area contributed by atoms with Crippen LogP contribution in [0.3, 0.4) is 0 Å². The van der Waals surface area contributed by atoms with Gasteiger partial charge in [0.15, 0.2) is 0 Å². The number of carboxylic acid groups (broad SMARTS) is 1. The number of aromatic nitrogens is 4. The number of aromatic carboxylic acids is 1. The molecule has 0 aliphatic carbocycles. The summed E-state index contributed by atoms with van der Waals surface area (Å²) in [7, 11) is 1.20. The smallest absolute Gasteiger partial charge is 0.435 e. The molecule has 182 valence electrons. The van der Waals surface area contributed by atoms with Gasteiger partial charge in [0, 0.05) is 17.3 Å². The first kappa shape index (κ1) is 25.5. The maximum atomic E-state index is 14.4. The van der Waals surface area contributed by atoms with E-state index < -0.39 is 45.3 Å². The van der Waals surface area contributed by atoms with Crippen LogP contribution in [0.2, 0.25) is 10.0 Å². The van der Waals surface area contributed by atoms with E-state index in [9.17, 15) is 40.6 Å². The van der Waals surface area contributed by atoms with Crippen molar-refractivity contribution in [3.05, 3.63) is 51.8 Å². The zero-order valence-electron chi connectivity index (χ0n) is 16.3. The number of carbonyl (C=O) groups is 1. The minimum atomic E-state index is -6.36. The van der Waals surface area contributed by atoms with Crippen molar-refractivity contribution < 1.29 is 45.4 Å². The molecule has 0 radical (unpaired) electrons. The lowest BCUT2D eigenvalue weighted by atomic mass is 9.94. The second-order valence-electron chi connectivity index (χ2n) is 6.58. The molecule has 7 nitrogen and oxygen atoms in total. The zero-order chi connectivity index (χ0) is 25.6. The molecule has 1 aromatic carbocycles. The standard InChI is InChI=1S/C18H9Cl2F7N4O3/c1-34-14-9(15(32)33)2-7(5-28-14)12-6-31(30-29-12)13-10(19)3-8(4-11(13)20)16(21,17(22,23)24)18(25,26)27/h2-6H,1H3,(H,32,33). The molecule has 0 aliphatic heterocycles. The Balaban J connectivity index is 2.09. The highest BCUT2D eigenvalue weighted by Crippen LogP contribution is 2.54. The van der Waals surface area contributed by atoms with Gasteiger partial charge >= 0.3 is 24.0 Å². The molecule has 0 bridgehead atoms. The second kappa shape index (κ2) is 8.58. The highest BCUT2D eigenvalue weighted by atomic mass is 35.5. The van der Waals surface area contributed by atoms with E-state index in [0.717, 1.165) is 16.9 Å². The van der Waals surface area contributed by atoms with Gasteiger partial charge < -0.3 is 9.84 Å². The van der Waals surface area contributed by atoms with Crippen LogP contribution in [0.4, 0.5) is 30.7 Å². The summed E-state index contributed by atoms with van der Waals surface area (Å²) < 4.78 is 98.2. The van der Waals surface area contributed by atoms with E-state index in [-0.39, 0.29) is 34.8 Å². The summed E-state index contributed by atoms with van der Waals surface area (Å²) in [5.41, 5.74) is -8.24. The zero-order valence-corrected chi connectivity index (χ0v) is 17.9. The molecule has 0 fully saturated rings. The molecule has 2 aromatic heterocycles. The van der Waals surface area contributed by atoms with Crippen molar-refractivity contribution in [3.8, 4) is 22.8 Å². The van der Waals surface area contributed by atoms with Crippen LogP contribution in [0.15, 0.2) is 30.6 Å². The lowest BCUT2D eigenvalue weighted by molar-refractivity contribution is -0.348. The SMILES string of the molecule is COc1ncc(-c2cn(-c3c(Cl)cc(C(F)(C(F)(F)F)C(F)(F)F)cc3Cl)nn2)cc1C(=O)O. The Labute approximate surface area is 194 Å². The third-order valence-electron chi connectivity index (χ3n) is 4.49. The summed E-state index contributed by atoms with van der Waals surface area (Å²) in [5, 5.41) is 15.0. The first-order valence-electron chi connectivity index (χ1n) is 8.64. The topological polar surface area (TPSA) is 90.1 Å². The fourth-order valence-corrected chi connectivity index (χ4v) is 3.55. The Morgan fingerprint density at radius 2 is 1.59 bits per heavy atom. The van der Waals surface area contributed by atoms with E-state index in [4.69, 9.17) is 27.9 Å². The van der Waals surface area contributed by atoms with Gasteiger partial charge in [-0.1, -0.05) is 28.4 Å². The number of hydrogen-bond acceptors (Lipinski definition) is 5. The van der Waals surface area contributed by atoms with Gasteiger partial charge in [-0.25, -0.2) is 18.9 Å². The lowest BCUT2D eigenvalue weighted by Crippen LogP contribution is -2.50. The molecule has 0 aliphatic rings. The highest BCUT2D eigenvalue weighted by Gasteiger charge is 2.73. The van der Waals surface area contributed by atoms with Crippen molar-refractivity contribution in [2.75, 3.05) is 7.11 Å². The van der Waals surface area contributed by atoms with Gasteiger partial charge in [0.2, 0.25) is 5.88 Å². The van der Waals surface area contributed by atoms with Crippen LogP contribution in [-0.4, -0.2) is 50.5 Å². The third kappa shape index (κ3) is 4.22. The summed E-state index contributed by atoms with van der Waals surface area (Å²) in [5.74, 6) is -1.57. The number of nitrogens with zero attached hydrogens (tertiary/aromatic N) is 4. The van der Waals surface area contributed by atoms with Crippen LogP contribution >= 0.6 is 23.2 Å². The predicted octanol–water partition coefficient (Wildman–Crippen LogP) is 5.63. The molecular weight excluding hydrogens is 524 g/mol. The van der Waals surface area contributed by atoms with Crippen molar-refractivity contribution >= 4 is 29.2 Å². The second-order valence-corrected chi connectivity index (χ2v) is 7.39. The monoisotopic (exact) mass is 532 g/mol. The largest absolute Gasteiger partial charge is 0.480 e. The molecule has 0 amide bonds. The molecule has 34 heavy (non-hydrogen) atoms. The minimum absolute atomic E-state index is 0.0146. The first-order chi connectivity index (χ1) is 15.6. The summed E-state index contributed by atoms with van der Waals surface area (Å²) in [6.07, 6.45) is -10.4. The lowest BCUT2D eigenvalue weighted by Gasteiger charge is -2.30. The molecular formula is C18H9Cl2F7N4O3. The van der Waals surface area contributed by atoms with Crippen molar-refractivity contribution in [1.29, 1.82) is 0 Å². The van der Waals surface area contributed by atoms with Crippen molar-refractivity contribution in [2.24, 2.45) is 0 Å². The Bertz CT molecular complexity index is 1220. The van der Waals surface area contributed by atoms with E-state index in [1.807, 2.05) is 0 Å². The van der Waals surface area contributed by atoms with Gasteiger partial charge in [0.05, 0.1) is 23.4 Å². The average molecular weight is 533 g/mol. The number of hydrogen-bond donors (Lipinski definition) is 1. The summed E-state index contributed by atoms with van der Waals surface area (Å²) in [6, 6.07) is 1.39. The van der Waals surface area contributed by atoms with Crippen molar-refractivity contribution in [2.45, 2.75) is 18.0 Å². The number of benzene rings is 1. The number of rotatable bonds is 5. The number of carboxylic acids is 1. The molecule has 0 saturated carbocycles. The van der Waals surface area contributed by atoms with E-state index in [0.29, 0.717) is 0 Å². The molecule has 0 saturated heterocycles. The molecule has 16 heteroatoms. The van der Waals surface area contributed by atoms with Crippen LogP contribution in [0.1, 0.15) is 15.9 Å². The van der Waals surface area contributed by atoms with Gasteiger partial charge in [0.25, 0.3) is 0 Å². The van der Waals surface area contributed by atoms with Gasteiger partial charge in [-0.15, -0.1) is 5.10 Å². The molecule has 0 spiro atoms. The van der Waals surface area contributed by atoms with Crippen LogP contribution in [0, 0.1) is 0 Å². The Kier molecular flexibility index (Phi) is 6.43. The average Bonchev–Trinajstić information content (AvgIpc) is 3.20. The highest BCUT2D eigenvalue weighted by molar-refractivity contribution is 6.37. The maximum Gasteiger partial charge on any atom is 0.435 e. The van der Waals surface area contributed by atoms with Gasteiger partial charge in [0.1, 0.15) is 16.9 Å². The Morgan fingerprint density at radius 1 is 1.03 bits per heavy atom. The Morgan fingerprint density at radius 3 is 2.06 bits per heavy atom. The van der Waals surface area contributed by atoms with Gasteiger partial charge in [-0.05, 0) is 18.2 Å². The minimum Gasteiger partial charge on any atom is -0.480 e. The van der Waals surface area contributed by atoms with Crippen molar-refractivity contribution in [1.82, 2.24) is 20.0 Å². The van der Waals surface area contributed by atoms with E-state index in [1.54, 1.807) is 0 Å². The Hall–Kier alpha value is -3.13. The molecule has 0 unspecified atom stereocenters. The van der Waals surface area contributed by atoms with E-state index in [1.165, 1.54) is 13.3 Å². The number of halogens is 9. The number of methoxy groups -OCH3 is 1. The van der Waals surface area contributed by atoms with Gasteiger partial charge in [-0.2, -0.15) is 26.3 Å². The summed E-state index contributed by atoms with van der Waals surface area (Å²) in [4.78, 5) is 15.2. The van der Waals surface area contributed by atoms with Crippen LogP contribution < -0.4 is 4.74 Å². The maximum absolute atomic E-state index is 14.4. The van der Waals surface area contributed by atoms with E-state index in [2.05, 4.69) is 15.3 Å². The predicted molar refractivity (Wildman–Crippen MR) is 103 cm³/mol. The number of ether oxygens (including phenoxy) is 1. The number of alkyl halides is 7. The molecule has 1 N–H and O–H groups in total.